The molecule has 0 radical (unpaired) electrons. The fourth-order valence-electron chi connectivity index (χ4n) is 2.57. The van der Waals surface area contributed by atoms with E-state index in [0.717, 1.165) is 19.4 Å². The highest BCUT2D eigenvalue weighted by Gasteiger charge is 2.39. The van der Waals surface area contributed by atoms with E-state index in [9.17, 15) is 4.79 Å². The van der Waals surface area contributed by atoms with Gasteiger partial charge < -0.3 is 15.0 Å². The van der Waals surface area contributed by atoms with E-state index in [1.165, 1.54) is 0 Å². The van der Waals surface area contributed by atoms with Crippen LogP contribution in [0.25, 0.3) is 0 Å². The fourth-order valence-corrected chi connectivity index (χ4v) is 2.57. The third-order valence-electron chi connectivity index (χ3n) is 3.56. The first kappa shape index (κ1) is 18.5. The molecule has 0 spiro atoms. The molecular formula is C17H31N3O2. The predicted molar refractivity (Wildman–Crippen MR) is 90.6 cm³/mol. The Morgan fingerprint density at radius 3 is 2.36 bits per heavy atom. The van der Waals surface area contributed by atoms with E-state index in [-0.39, 0.29) is 23.1 Å². The summed E-state index contributed by atoms with van der Waals surface area (Å²) in [5, 5.41) is 3.16. The highest BCUT2D eigenvalue weighted by molar-refractivity contribution is 5.83. The van der Waals surface area contributed by atoms with Crippen molar-refractivity contribution in [1.29, 1.82) is 0 Å². The summed E-state index contributed by atoms with van der Waals surface area (Å²) in [5.74, 6) is 0.448. The van der Waals surface area contributed by atoms with E-state index in [0.29, 0.717) is 5.88 Å². The first-order valence-electron chi connectivity index (χ1n) is 7.86. The summed E-state index contributed by atoms with van der Waals surface area (Å²) >= 11 is 0. The Morgan fingerprint density at radius 2 is 1.91 bits per heavy atom. The molecule has 5 nitrogen and oxygen atoms in total. The minimum atomic E-state index is -0.412. The Hall–Kier alpha value is -1.52. The maximum Gasteiger partial charge on any atom is 0.247 e. The van der Waals surface area contributed by atoms with Crippen LogP contribution in [0.5, 0.6) is 0 Å². The third kappa shape index (κ3) is 5.04. The first-order valence-corrected chi connectivity index (χ1v) is 7.86. The van der Waals surface area contributed by atoms with Crippen LogP contribution in [0.4, 0.5) is 0 Å². The third-order valence-corrected chi connectivity index (χ3v) is 3.56. The lowest BCUT2D eigenvalue weighted by atomic mass is 9.85. The van der Waals surface area contributed by atoms with E-state index < -0.39 is 6.04 Å². The van der Waals surface area contributed by atoms with Crippen molar-refractivity contribution in [3.8, 4) is 0 Å². The Balaban J connectivity index is 2.87. The number of carbonyl (C=O) groups excluding carboxylic acids is 1. The van der Waals surface area contributed by atoms with Gasteiger partial charge in [0.1, 0.15) is 17.8 Å². The van der Waals surface area contributed by atoms with Crippen molar-refractivity contribution in [2.75, 3.05) is 6.54 Å². The molecule has 1 fully saturated rings. The molecule has 2 atom stereocenters. The van der Waals surface area contributed by atoms with Gasteiger partial charge in [0.05, 0.1) is 0 Å². The summed E-state index contributed by atoms with van der Waals surface area (Å²) in [4.78, 5) is 18.8. The summed E-state index contributed by atoms with van der Waals surface area (Å²) in [6, 6.07) is -0.412. The number of carbonyl (C=O) groups is 1. The summed E-state index contributed by atoms with van der Waals surface area (Å²) in [5.41, 5.74) is -0.621. The molecule has 1 aliphatic heterocycles. The molecule has 0 aromatic carbocycles. The minimum absolute atomic E-state index is 0.0288. The number of ether oxygens (including phenoxy) is 1. The zero-order chi connectivity index (χ0) is 17.1. The smallest absolute Gasteiger partial charge is 0.247 e. The average Bonchev–Trinajstić information content (AvgIpc) is 2.79. The van der Waals surface area contributed by atoms with Crippen molar-refractivity contribution in [3.63, 3.8) is 0 Å². The van der Waals surface area contributed by atoms with Gasteiger partial charge in [-0.25, -0.2) is 0 Å². The minimum Gasteiger partial charge on any atom is -0.474 e. The second kappa shape index (κ2) is 6.71. The number of aliphatic imine (C=N–C) groups is 1. The van der Waals surface area contributed by atoms with Crippen LogP contribution in [0.1, 0.15) is 54.4 Å². The standard InChI is InChI=1S/C17H31N3O2/c1-12(22-17(5,6)7)19-14(16(2,3)4)15(21)20-11-9-10-13(20)18-8/h13-14,19H,1,8-11H2,2-7H3/t13-,14+/m0/s1. The lowest BCUT2D eigenvalue weighted by Gasteiger charge is -2.36. The average molecular weight is 309 g/mol. The SMILES string of the molecule is C=N[C@@H]1CCCN1C(=O)[C@@H](NC(=C)OC(C)(C)C)C(C)(C)C. The molecule has 0 unspecified atom stereocenters. The molecular weight excluding hydrogens is 278 g/mol. The monoisotopic (exact) mass is 309 g/mol. The zero-order valence-electron chi connectivity index (χ0n) is 14.9. The molecule has 0 saturated carbocycles. The van der Waals surface area contributed by atoms with Crippen LogP contribution >= 0.6 is 0 Å². The number of hydrogen-bond acceptors (Lipinski definition) is 4. The van der Waals surface area contributed by atoms with Gasteiger partial charge in [0.15, 0.2) is 5.88 Å². The summed E-state index contributed by atoms with van der Waals surface area (Å²) < 4.78 is 5.72. The Morgan fingerprint density at radius 1 is 1.32 bits per heavy atom. The Labute approximate surface area is 134 Å². The van der Waals surface area contributed by atoms with Crippen LogP contribution in [0, 0.1) is 5.41 Å². The van der Waals surface area contributed by atoms with Crippen molar-refractivity contribution in [2.45, 2.75) is 72.2 Å². The maximum atomic E-state index is 12.9. The molecule has 0 aromatic rings. The fraction of sp³-hybridized carbons (Fsp3) is 0.765. The molecule has 22 heavy (non-hydrogen) atoms. The summed E-state index contributed by atoms with van der Waals surface area (Å²) in [6.45, 7) is 20.2. The van der Waals surface area contributed by atoms with Crippen molar-refractivity contribution < 1.29 is 9.53 Å². The van der Waals surface area contributed by atoms with Crippen LogP contribution in [-0.4, -0.2) is 41.9 Å². The lowest BCUT2D eigenvalue weighted by molar-refractivity contribution is -0.137. The van der Waals surface area contributed by atoms with E-state index in [4.69, 9.17) is 4.74 Å². The second-order valence-corrected chi connectivity index (χ2v) is 7.92. The van der Waals surface area contributed by atoms with E-state index in [2.05, 4.69) is 23.6 Å². The number of nitrogens with zero attached hydrogens (tertiary/aromatic N) is 2. The molecule has 0 aliphatic carbocycles. The van der Waals surface area contributed by atoms with Gasteiger partial charge in [-0.15, -0.1) is 0 Å². The summed E-state index contributed by atoms with van der Waals surface area (Å²) in [7, 11) is 0. The predicted octanol–water partition coefficient (Wildman–Crippen LogP) is 2.93. The number of hydrogen-bond donors (Lipinski definition) is 1. The number of amides is 1. The van der Waals surface area contributed by atoms with Gasteiger partial charge in [-0.05, 0) is 52.3 Å². The van der Waals surface area contributed by atoms with Crippen LogP contribution in [-0.2, 0) is 9.53 Å². The van der Waals surface area contributed by atoms with E-state index in [1.807, 2.05) is 41.5 Å². The van der Waals surface area contributed by atoms with Crippen molar-refractivity contribution in [2.24, 2.45) is 10.4 Å². The lowest BCUT2D eigenvalue weighted by Crippen LogP contribution is -2.54. The van der Waals surface area contributed by atoms with E-state index >= 15 is 0 Å². The zero-order valence-corrected chi connectivity index (χ0v) is 14.9. The Kier molecular flexibility index (Phi) is 5.65. The van der Waals surface area contributed by atoms with Gasteiger partial charge in [-0.2, -0.15) is 0 Å². The van der Waals surface area contributed by atoms with Crippen LogP contribution in [0.15, 0.2) is 17.5 Å². The van der Waals surface area contributed by atoms with Gasteiger partial charge in [0, 0.05) is 6.54 Å². The quantitative estimate of drug-likeness (QED) is 0.627. The summed E-state index contributed by atoms with van der Waals surface area (Å²) in [6.07, 6.45) is 1.73. The molecule has 1 aliphatic rings. The van der Waals surface area contributed by atoms with Crippen LogP contribution < -0.4 is 5.32 Å². The van der Waals surface area contributed by atoms with Gasteiger partial charge in [-0.3, -0.25) is 9.79 Å². The maximum absolute atomic E-state index is 12.9. The highest BCUT2D eigenvalue weighted by Crippen LogP contribution is 2.27. The molecule has 1 rings (SSSR count). The van der Waals surface area contributed by atoms with Crippen LogP contribution in [0.3, 0.4) is 0 Å². The van der Waals surface area contributed by atoms with Gasteiger partial charge in [0.25, 0.3) is 0 Å². The first-order chi connectivity index (χ1) is 9.95. The molecule has 1 heterocycles. The number of rotatable bonds is 5. The van der Waals surface area contributed by atoms with Gasteiger partial charge in [0.2, 0.25) is 5.91 Å². The topological polar surface area (TPSA) is 53.9 Å². The molecule has 1 saturated heterocycles. The number of nitrogens with one attached hydrogen (secondary N) is 1. The largest absolute Gasteiger partial charge is 0.474 e. The van der Waals surface area contributed by atoms with E-state index in [1.54, 1.807) is 4.90 Å². The number of likely N-dealkylation sites (tertiary alicyclic amines) is 1. The second-order valence-electron chi connectivity index (χ2n) is 7.92. The van der Waals surface area contributed by atoms with Crippen molar-refractivity contribution in [3.05, 3.63) is 12.5 Å². The Bertz CT molecular complexity index is 432. The molecule has 5 heteroatoms. The normalized spacial score (nSPS) is 20.5. The van der Waals surface area contributed by atoms with Crippen molar-refractivity contribution >= 4 is 12.6 Å². The molecule has 0 aromatic heterocycles. The van der Waals surface area contributed by atoms with Gasteiger partial charge >= 0.3 is 0 Å². The molecule has 0 bridgehead atoms. The van der Waals surface area contributed by atoms with Gasteiger partial charge in [-0.1, -0.05) is 20.8 Å². The van der Waals surface area contributed by atoms with Crippen molar-refractivity contribution in [1.82, 2.24) is 10.2 Å². The molecule has 1 amide bonds. The molecule has 1 N–H and O–H groups in total. The highest BCUT2D eigenvalue weighted by atomic mass is 16.5. The molecule has 126 valence electrons. The van der Waals surface area contributed by atoms with Crippen LogP contribution in [0.2, 0.25) is 0 Å².